The summed E-state index contributed by atoms with van der Waals surface area (Å²) >= 11 is 0. The summed E-state index contributed by atoms with van der Waals surface area (Å²) in [6, 6.07) is 80.9. The van der Waals surface area contributed by atoms with Gasteiger partial charge in [-0.15, -0.1) is 0 Å². The Morgan fingerprint density at radius 3 is 0.852 bits per heavy atom. The number of fused-ring (bicyclic) bond motifs is 10. The van der Waals surface area contributed by atoms with Crippen LogP contribution in [0.15, 0.2) is 206 Å². The van der Waals surface area contributed by atoms with Gasteiger partial charge in [0.05, 0.1) is 33.4 Å². The normalized spacial score (nSPS) is 14.5. The van der Waals surface area contributed by atoms with Crippen LogP contribution in [0.1, 0.15) is 240 Å². The number of anilines is 6. The molecule has 13 aromatic rings. The molecule has 4 heterocycles. The van der Waals surface area contributed by atoms with E-state index < -0.39 is 11.8 Å². The highest BCUT2D eigenvalue weighted by atomic mass is 15.2. The van der Waals surface area contributed by atoms with Gasteiger partial charge in [0.1, 0.15) is 0 Å². The average Bonchev–Trinajstić information content (AvgIpc) is 1.37. The fourth-order valence-electron chi connectivity index (χ4n) is 16.9. The molecule has 5 heteroatoms. The highest BCUT2D eigenvalue weighted by Gasteiger charge is 2.46. The van der Waals surface area contributed by atoms with E-state index in [0.29, 0.717) is 5.56 Å². The molecule has 0 aliphatic carbocycles. The molecule has 2 aromatic heterocycles. The summed E-state index contributed by atoms with van der Waals surface area (Å²) in [7, 11) is 0. The van der Waals surface area contributed by atoms with Gasteiger partial charge in [0.25, 0.3) is 6.71 Å². The van der Waals surface area contributed by atoms with Crippen molar-refractivity contribution in [1.82, 2.24) is 9.13 Å². The van der Waals surface area contributed by atoms with E-state index in [1.54, 1.807) is 0 Å². The number of hydrogen-bond donors (Lipinski definition) is 0. The first-order valence-electron chi connectivity index (χ1n) is 40.8. The molecule has 552 valence electrons. The van der Waals surface area contributed by atoms with Crippen LogP contribution >= 0.6 is 0 Å². The molecule has 0 radical (unpaired) electrons. The fourth-order valence-corrected chi connectivity index (χ4v) is 16.9. The van der Waals surface area contributed by atoms with Gasteiger partial charge in [-0.25, -0.2) is 0 Å². The molecular formula is C103H117BN4. The zero-order chi connectivity index (χ0) is 79.4. The lowest BCUT2D eigenvalue weighted by Gasteiger charge is -2.45. The Balaban J connectivity index is 1.13. The monoisotopic (exact) mass is 1420 g/mol. The lowest BCUT2D eigenvalue weighted by Crippen LogP contribution is -2.61. The smallest absolute Gasteiger partial charge is 0.252 e. The van der Waals surface area contributed by atoms with Crippen molar-refractivity contribution >= 4 is 101 Å². The molecule has 0 saturated carbocycles. The molecule has 0 N–H and O–H groups in total. The van der Waals surface area contributed by atoms with Crippen LogP contribution < -0.4 is 26.2 Å². The lowest BCUT2D eigenvalue weighted by molar-refractivity contribution is 0.411. The first-order chi connectivity index (χ1) is 51.0. The third-order valence-electron chi connectivity index (χ3n) is 23.4. The van der Waals surface area contributed by atoms with Gasteiger partial charge in [0, 0.05) is 69.5 Å². The molecular weight excluding hydrogens is 1300 g/mol. The number of nitrogens with zero attached hydrogens (tertiary/aromatic N) is 4. The molecule has 0 unspecified atom stereocenters. The Kier molecular flexibility index (Phi) is 16.6. The zero-order valence-corrected chi connectivity index (χ0v) is 70.0. The summed E-state index contributed by atoms with van der Waals surface area (Å²) in [5.74, 6) is 0. The van der Waals surface area contributed by atoms with E-state index in [1.807, 2.05) is 0 Å². The molecule has 15 rings (SSSR count). The molecule has 0 spiro atoms. The van der Waals surface area contributed by atoms with Crippen molar-refractivity contribution in [3.63, 3.8) is 0 Å². The van der Waals surface area contributed by atoms with Crippen LogP contribution in [0.4, 0.5) is 34.1 Å². The number of benzene rings is 11. The van der Waals surface area contributed by atoms with Gasteiger partial charge in [0.15, 0.2) is 0 Å². The zero-order valence-electron chi connectivity index (χ0n) is 72.0. The Morgan fingerprint density at radius 2 is 0.556 bits per heavy atom. The molecule has 4 nitrogen and oxygen atoms in total. The van der Waals surface area contributed by atoms with Crippen LogP contribution in [-0.2, 0) is 49.7 Å². The molecule has 0 atom stereocenters. The van der Waals surface area contributed by atoms with E-state index in [1.165, 1.54) is 77.0 Å². The van der Waals surface area contributed by atoms with Crippen molar-refractivity contribution in [2.75, 3.05) is 9.80 Å². The van der Waals surface area contributed by atoms with Gasteiger partial charge in [-0.1, -0.05) is 284 Å². The summed E-state index contributed by atoms with van der Waals surface area (Å²) in [6.07, 6.45) is -1.85. The molecule has 2 aliphatic rings. The number of aromatic nitrogens is 2. The van der Waals surface area contributed by atoms with Gasteiger partial charge < -0.3 is 18.9 Å². The van der Waals surface area contributed by atoms with Gasteiger partial charge >= 0.3 is 0 Å². The Morgan fingerprint density at radius 1 is 0.269 bits per heavy atom. The van der Waals surface area contributed by atoms with Crippen molar-refractivity contribution in [3.05, 3.63) is 256 Å². The SMILES string of the molecule is [2H]C([2H])(c1cc2c3c(c1)N(c1ccc(C(C)(C)C)cc1-c1cccc(C(C)(C)C)c1)c1cc(-n4c5ccc(C(C)(C)C)cc5c5cc(C(C)(C)C)ccc54)ccc1B3c1ccc(-n3c4ccc(C(C)(C)C)cc4c4cc(C(C)(C)C)ccc43)cc1N2c1ccc(C(C)(C)C)cc1-c1cccc(C(C)(C)C)c1)C(C)(C)C. The summed E-state index contributed by atoms with van der Waals surface area (Å²) in [6.45, 7) is 61.6. The number of hydrogen-bond acceptors (Lipinski definition) is 2. The van der Waals surface area contributed by atoms with Gasteiger partial charge in [0.2, 0.25) is 0 Å². The predicted molar refractivity (Wildman–Crippen MR) is 473 cm³/mol. The maximum absolute atomic E-state index is 10.8. The highest BCUT2D eigenvalue weighted by Crippen LogP contribution is 2.53. The average molecular weight is 1420 g/mol. The third-order valence-corrected chi connectivity index (χ3v) is 23.4. The summed E-state index contributed by atoms with van der Waals surface area (Å²) in [4.78, 5) is 5.16. The summed E-state index contributed by atoms with van der Waals surface area (Å²) in [5, 5.41) is 4.95. The van der Waals surface area contributed by atoms with Crippen LogP contribution in [-0.4, -0.2) is 15.8 Å². The van der Waals surface area contributed by atoms with E-state index in [4.69, 9.17) is 0 Å². The van der Waals surface area contributed by atoms with Crippen molar-refractivity contribution in [3.8, 4) is 33.6 Å². The molecule has 2 aliphatic heterocycles. The van der Waals surface area contributed by atoms with E-state index in [2.05, 4.69) is 412 Å². The second-order valence-electron chi connectivity index (χ2n) is 41.1. The Bertz CT molecular complexity index is 5410. The molecule has 0 saturated heterocycles. The molecule has 0 fully saturated rings. The standard InChI is InChI=1S/C103H117BN4/c1-95(2,3)62-63-50-92-94-93(51-63)108(85-45-35-69(99(13,14)15)55-77(85)65-31-29-33-67(53-65)97(7,8)9)91-61-75(106-88-48-38-72(102(22,23)24)58-80(88)81-59-73(103(25,26)27)39-49-89(81)106)41-43-83(91)104(94)82-42-40-74(105-86-46-36-70(100(16,17)18)56-78(86)79-57-71(101(19,20)21)37-47-87(79)105)60-90(82)107(92)84-44-34-68(98(10,11)12)54-76(84)64-30-28-32-66(52-64)96(4,5)6/h28-61H,62H2,1-27H3/i62D2. The molecule has 0 amide bonds. The van der Waals surface area contributed by atoms with Crippen LogP contribution in [0, 0.1) is 5.41 Å². The van der Waals surface area contributed by atoms with E-state index in [9.17, 15) is 2.74 Å². The van der Waals surface area contributed by atoms with E-state index >= 15 is 0 Å². The minimum atomic E-state index is -1.85. The predicted octanol–water partition coefficient (Wildman–Crippen LogP) is 27.3. The maximum Gasteiger partial charge on any atom is 0.252 e. The van der Waals surface area contributed by atoms with E-state index in [-0.39, 0.29) is 50.0 Å². The minimum absolute atomic E-state index is 0.0752. The van der Waals surface area contributed by atoms with Gasteiger partial charge in [-0.3, -0.25) is 0 Å². The number of rotatable bonds is 7. The maximum atomic E-state index is 10.8. The van der Waals surface area contributed by atoms with Crippen molar-refractivity contribution in [1.29, 1.82) is 0 Å². The van der Waals surface area contributed by atoms with Crippen molar-refractivity contribution in [2.45, 2.75) is 237 Å². The molecule has 0 bridgehead atoms. The summed E-state index contributed by atoms with van der Waals surface area (Å²) < 4.78 is 26.7. The van der Waals surface area contributed by atoms with Gasteiger partial charge in [-0.2, -0.15) is 0 Å². The summed E-state index contributed by atoms with van der Waals surface area (Å²) in [5.41, 5.74) is 29.8. The lowest BCUT2D eigenvalue weighted by atomic mass is 9.33. The third kappa shape index (κ3) is 13.1. The second-order valence-corrected chi connectivity index (χ2v) is 41.1. The van der Waals surface area contributed by atoms with Crippen molar-refractivity contribution < 1.29 is 2.74 Å². The second kappa shape index (κ2) is 25.1. The van der Waals surface area contributed by atoms with Crippen molar-refractivity contribution in [2.24, 2.45) is 5.41 Å². The van der Waals surface area contributed by atoms with Crippen LogP contribution in [0.3, 0.4) is 0 Å². The van der Waals surface area contributed by atoms with Crippen LogP contribution in [0.5, 0.6) is 0 Å². The van der Waals surface area contributed by atoms with Crippen LogP contribution in [0.25, 0.3) is 77.2 Å². The quantitative estimate of drug-likeness (QED) is 0.148. The Labute approximate surface area is 650 Å². The first-order valence-corrected chi connectivity index (χ1v) is 39.8. The fraction of sp³-hybridized carbons (Fsp3) is 0.359. The van der Waals surface area contributed by atoms with E-state index in [0.717, 1.165) is 95.3 Å². The highest BCUT2D eigenvalue weighted by molar-refractivity contribution is 7.00. The van der Waals surface area contributed by atoms with Gasteiger partial charge in [-0.05, 0) is 242 Å². The Hall–Kier alpha value is -9.32. The minimum Gasteiger partial charge on any atom is -0.311 e. The molecule has 108 heavy (non-hydrogen) atoms. The first kappa shape index (κ1) is 71.6. The largest absolute Gasteiger partial charge is 0.311 e. The molecule has 11 aromatic carbocycles. The van der Waals surface area contributed by atoms with Crippen LogP contribution in [0.2, 0.25) is 0 Å². The topological polar surface area (TPSA) is 16.3 Å².